The third-order valence-electron chi connectivity index (χ3n) is 1.13. The maximum Gasteiger partial charge on any atom is -0.0325 e. The average Bonchev–Trinajstić information content (AvgIpc) is 1.59. The molecule has 0 unspecified atom stereocenters. The zero-order valence-corrected chi connectivity index (χ0v) is 6.04. The van der Waals surface area contributed by atoms with Crippen molar-refractivity contribution in [2.45, 2.75) is 33.1 Å². The monoisotopic (exact) mass is 112 g/mol. The molecule has 0 fully saturated rings. The molecule has 8 heavy (non-hydrogen) atoms. The van der Waals surface area contributed by atoms with Gasteiger partial charge in [-0.3, -0.25) is 0 Å². The van der Waals surface area contributed by atoms with Crippen LogP contribution in [0.5, 0.6) is 0 Å². The van der Waals surface area contributed by atoms with Crippen LogP contribution in [0, 0.1) is 19.3 Å². The summed E-state index contributed by atoms with van der Waals surface area (Å²) in [4.78, 5) is 0. The van der Waals surface area contributed by atoms with Gasteiger partial charge in [-0.25, -0.2) is 0 Å². The molecule has 0 rings (SSSR count). The standard InChI is InChI=1S/C8H16/c1-5-6-7-8(2,3)4/h2-3,5-7H2,1,4H3. The molecule has 0 saturated heterocycles. The van der Waals surface area contributed by atoms with E-state index < -0.39 is 0 Å². The van der Waals surface area contributed by atoms with Gasteiger partial charge in [-0.2, -0.15) is 0 Å². The molecule has 0 spiro atoms. The van der Waals surface area contributed by atoms with Gasteiger partial charge in [0, 0.05) is 0 Å². The molecule has 0 bridgehead atoms. The van der Waals surface area contributed by atoms with Crippen LogP contribution in [-0.2, 0) is 0 Å². The van der Waals surface area contributed by atoms with Crippen LogP contribution in [0.15, 0.2) is 0 Å². The molecule has 0 aliphatic heterocycles. The van der Waals surface area contributed by atoms with E-state index in [2.05, 4.69) is 27.7 Å². The number of hydrogen-bond donors (Lipinski definition) is 0. The average molecular weight is 112 g/mol. The fraction of sp³-hybridized carbons (Fsp3) is 0.750. The van der Waals surface area contributed by atoms with Crippen LogP contribution >= 0.6 is 0 Å². The van der Waals surface area contributed by atoms with Crippen molar-refractivity contribution in [3.05, 3.63) is 13.8 Å². The van der Waals surface area contributed by atoms with E-state index in [1.807, 2.05) is 0 Å². The predicted molar refractivity (Wildman–Crippen MR) is 38.3 cm³/mol. The van der Waals surface area contributed by atoms with Crippen molar-refractivity contribution in [2.24, 2.45) is 5.41 Å². The maximum atomic E-state index is 3.90. The normalized spacial score (nSPS) is 12.0. The highest BCUT2D eigenvalue weighted by Gasteiger charge is 2.07. The summed E-state index contributed by atoms with van der Waals surface area (Å²) in [5, 5.41) is 0. The quantitative estimate of drug-likeness (QED) is 0.526. The third-order valence-corrected chi connectivity index (χ3v) is 1.13. The maximum absolute atomic E-state index is 3.90. The zero-order valence-electron chi connectivity index (χ0n) is 6.04. The van der Waals surface area contributed by atoms with Crippen molar-refractivity contribution in [1.29, 1.82) is 0 Å². The third kappa shape index (κ3) is 6.00. The lowest BCUT2D eigenvalue weighted by Gasteiger charge is -2.15. The molecule has 0 amide bonds. The number of hydrogen-bond acceptors (Lipinski definition) is 0. The Balaban J connectivity index is 3.11. The summed E-state index contributed by atoms with van der Waals surface area (Å²) < 4.78 is 0. The smallest absolute Gasteiger partial charge is 0.0325 e. The van der Waals surface area contributed by atoms with E-state index in [4.69, 9.17) is 0 Å². The van der Waals surface area contributed by atoms with E-state index in [-0.39, 0.29) is 5.41 Å². The fourth-order valence-electron chi connectivity index (χ4n) is 0.604. The first-order valence-corrected chi connectivity index (χ1v) is 3.27. The summed E-state index contributed by atoms with van der Waals surface area (Å²) in [5.74, 6) is 0. The van der Waals surface area contributed by atoms with Crippen LogP contribution in [0.4, 0.5) is 0 Å². The first-order chi connectivity index (χ1) is 3.56. The predicted octanol–water partition coefficient (Wildman–Crippen LogP) is 2.85. The molecule has 0 saturated carbocycles. The molecule has 0 heteroatoms. The zero-order chi connectivity index (χ0) is 6.62. The Bertz CT molecular complexity index is 47.5. The second-order valence-electron chi connectivity index (χ2n) is 2.91. The molecule has 0 aromatic heterocycles. The molecule has 0 aliphatic carbocycles. The molecule has 48 valence electrons. The molecular formula is C8H16. The highest BCUT2D eigenvalue weighted by Crippen LogP contribution is 2.19. The minimum absolute atomic E-state index is 0.0516. The first-order valence-electron chi connectivity index (χ1n) is 3.27. The Hall–Kier alpha value is 0. The van der Waals surface area contributed by atoms with Crippen LogP contribution < -0.4 is 0 Å². The Labute approximate surface area is 53.3 Å². The van der Waals surface area contributed by atoms with Gasteiger partial charge in [0.1, 0.15) is 0 Å². The number of rotatable bonds is 3. The molecule has 0 N–H and O–H groups in total. The number of unbranched alkanes of at least 4 members (excludes halogenated alkanes) is 1. The van der Waals surface area contributed by atoms with Crippen molar-refractivity contribution < 1.29 is 0 Å². The van der Waals surface area contributed by atoms with Gasteiger partial charge in [-0.05, 0) is 25.7 Å². The molecular weight excluding hydrogens is 96.1 g/mol. The SMILES string of the molecule is [CH2]C([CH2])(C)CCCC. The highest BCUT2D eigenvalue weighted by molar-refractivity contribution is 4.78. The summed E-state index contributed by atoms with van der Waals surface area (Å²) in [6.45, 7) is 12.1. The minimum Gasteiger partial charge on any atom is -0.0654 e. The van der Waals surface area contributed by atoms with Gasteiger partial charge in [0.15, 0.2) is 0 Å². The second-order valence-corrected chi connectivity index (χ2v) is 2.91. The lowest BCUT2D eigenvalue weighted by molar-refractivity contribution is 0.466. The van der Waals surface area contributed by atoms with Crippen molar-refractivity contribution in [3.8, 4) is 0 Å². The molecule has 2 radical (unpaired) electrons. The molecule has 0 nitrogen and oxygen atoms in total. The Morgan fingerprint density at radius 3 is 2.00 bits per heavy atom. The van der Waals surface area contributed by atoms with Gasteiger partial charge < -0.3 is 0 Å². The van der Waals surface area contributed by atoms with Crippen molar-refractivity contribution in [3.63, 3.8) is 0 Å². The minimum atomic E-state index is 0.0516. The summed E-state index contributed by atoms with van der Waals surface area (Å²) in [6, 6.07) is 0. The topological polar surface area (TPSA) is 0 Å². The van der Waals surface area contributed by atoms with Gasteiger partial charge in [0.25, 0.3) is 0 Å². The molecule has 0 aromatic carbocycles. The molecule has 0 aromatic rings. The largest absolute Gasteiger partial charge is 0.0654 e. The Kier molecular flexibility index (Phi) is 3.11. The summed E-state index contributed by atoms with van der Waals surface area (Å²) in [7, 11) is 0. The van der Waals surface area contributed by atoms with Crippen LogP contribution in [0.25, 0.3) is 0 Å². The van der Waals surface area contributed by atoms with Crippen LogP contribution in [-0.4, -0.2) is 0 Å². The van der Waals surface area contributed by atoms with E-state index >= 15 is 0 Å². The summed E-state index contributed by atoms with van der Waals surface area (Å²) in [6.07, 6.45) is 3.65. The molecule has 0 heterocycles. The molecule has 0 atom stereocenters. The van der Waals surface area contributed by atoms with E-state index in [0.717, 1.165) is 6.42 Å². The van der Waals surface area contributed by atoms with Crippen LogP contribution in [0.1, 0.15) is 33.1 Å². The fourth-order valence-corrected chi connectivity index (χ4v) is 0.604. The van der Waals surface area contributed by atoms with E-state index in [1.54, 1.807) is 0 Å². The Morgan fingerprint density at radius 1 is 1.38 bits per heavy atom. The van der Waals surface area contributed by atoms with Gasteiger partial charge in [0.2, 0.25) is 0 Å². The highest BCUT2D eigenvalue weighted by atomic mass is 14.1. The van der Waals surface area contributed by atoms with E-state index in [0.29, 0.717) is 0 Å². The van der Waals surface area contributed by atoms with Crippen molar-refractivity contribution in [1.82, 2.24) is 0 Å². The van der Waals surface area contributed by atoms with Crippen LogP contribution in [0.2, 0.25) is 0 Å². The van der Waals surface area contributed by atoms with Gasteiger partial charge in [0.05, 0.1) is 0 Å². The van der Waals surface area contributed by atoms with Crippen molar-refractivity contribution >= 4 is 0 Å². The van der Waals surface area contributed by atoms with Gasteiger partial charge in [-0.1, -0.05) is 26.7 Å². The van der Waals surface area contributed by atoms with Gasteiger partial charge in [-0.15, -0.1) is 0 Å². The van der Waals surface area contributed by atoms with Crippen molar-refractivity contribution in [2.75, 3.05) is 0 Å². The summed E-state index contributed by atoms with van der Waals surface area (Å²) >= 11 is 0. The lowest BCUT2D eigenvalue weighted by Crippen LogP contribution is -2.04. The second kappa shape index (κ2) is 3.11. The lowest BCUT2D eigenvalue weighted by atomic mass is 9.90. The van der Waals surface area contributed by atoms with E-state index in [1.165, 1.54) is 12.8 Å². The Morgan fingerprint density at radius 2 is 1.88 bits per heavy atom. The first kappa shape index (κ1) is 8.00. The van der Waals surface area contributed by atoms with E-state index in [9.17, 15) is 0 Å². The molecule has 0 aliphatic rings. The van der Waals surface area contributed by atoms with Gasteiger partial charge >= 0.3 is 0 Å². The van der Waals surface area contributed by atoms with Crippen LogP contribution in [0.3, 0.4) is 0 Å². The summed E-state index contributed by atoms with van der Waals surface area (Å²) in [5.41, 5.74) is 0.0516.